The summed E-state index contributed by atoms with van der Waals surface area (Å²) >= 11 is 3.80. The van der Waals surface area contributed by atoms with Gasteiger partial charge in [-0.15, -0.1) is 0 Å². The highest BCUT2D eigenvalue weighted by Crippen LogP contribution is 2.61. The lowest BCUT2D eigenvalue weighted by molar-refractivity contribution is -0.106. The van der Waals surface area contributed by atoms with Crippen molar-refractivity contribution >= 4 is 15.9 Å². The Kier molecular flexibility index (Phi) is 3.72. The first-order chi connectivity index (χ1) is 8.20. The van der Waals surface area contributed by atoms with Gasteiger partial charge in [-0.25, -0.2) is 0 Å². The van der Waals surface area contributed by atoms with Gasteiger partial charge in [-0.2, -0.15) is 0 Å². The second-order valence-electron chi connectivity index (χ2n) is 6.84. The van der Waals surface area contributed by atoms with Gasteiger partial charge in [0.2, 0.25) is 0 Å². The zero-order chi connectivity index (χ0) is 13.7. The van der Waals surface area contributed by atoms with Gasteiger partial charge in [0.1, 0.15) is 0 Å². The summed E-state index contributed by atoms with van der Waals surface area (Å²) in [6.45, 7) is 9.96. The predicted molar refractivity (Wildman–Crippen MR) is 77.7 cm³/mol. The average molecular weight is 317 g/mol. The van der Waals surface area contributed by atoms with E-state index in [4.69, 9.17) is 0 Å². The van der Waals surface area contributed by atoms with Gasteiger partial charge in [-0.3, -0.25) is 0 Å². The zero-order valence-electron chi connectivity index (χ0n) is 11.6. The Morgan fingerprint density at radius 1 is 1.33 bits per heavy atom. The van der Waals surface area contributed by atoms with Gasteiger partial charge < -0.3 is 10.2 Å². The lowest BCUT2D eigenvalue weighted by Crippen LogP contribution is -2.54. The van der Waals surface area contributed by atoms with Crippen LogP contribution in [0.1, 0.15) is 46.5 Å². The molecule has 18 heavy (non-hydrogen) atoms. The molecule has 2 aliphatic carbocycles. The van der Waals surface area contributed by atoms with Crippen molar-refractivity contribution in [3.8, 4) is 0 Å². The first-order valence-corrected chi connectivity index (χ1v) is 7.81. The normalized spacial score (nSPS) is 49.8. The fourth-order valence-electron chi connectivity index (χ4n) is 4.42. The maximum absolute atomic E-state index is 10.8. The number of aliphatic hydroxyl groups excluding tert-OH is 1. The van der Waals surface area contributed by atoms with E-state index in [1.54, 1.807) is 0 Å². The minimum atomic E-state index is -0.670. The highest BCUT2D eigenvalue weighted by Gasteiger charge is 2.59. The summed E-state index contributed by atoms with van der Waals surface area (Å²) < 4.78 is 0. The summed E-state index contributed by atoms with van der Waals surface area (Å²) in [5.41, 5.74) is 0.233. The van der Waals surface area contributed by atoms with Crippen LogP contribution in [0.2, 0.25) is 0 Å². The van der Waals surface area contributed by atoms with Crippen LogP contribution < -0.4 is 0 Å². The van der Waals surface area contributed by atoms with Crippen LogP contribution in [0.25, 0.3) is 0 Å². The van der Waals surface area contributed by atoms with E-state index >= 15 is 0 Å². The van der Waals surface area contributed by atoms with Crippen molar-refractivity contribution in [2.75, 3.05) is 0 Å². The molecule has 2 aliphatic rings. The molecule has 0 spiro atoms. The van der Waals surface area contributed by atoms with Crippen LogP contribution in [-0.4, -0.2) is 26.7 Å². The second-order valence-corrected chi connectivity index (χ2v) is 7.95. The lowest BCUT2D eigenvalue weighted by Gasteiger charge is -2.51. The summed E-state index contributed by atoms with van der Waals surface area (Å²) in [5, 5.41) is 21.1. The van der Waals surface area contributed by atoms with Crippen molar-refractivity contribution in [2.45, 2.75) is 63.0 Å². The van der Waals surface area contributed by atoms with Gasteiger partial charge in [0.15, 0.2) is 0 Å². The van der Waals surface area contributed by atoms with Crippen molar-refractivity contribution < 1.29 is 10.2 Å². The fraction of sp³-hybridized carbons (Fsp3) is 0.867. The number of rotatable bonds is 2. The topological polar surface area (TPSA) is 40.5 Å². The summed E-state index contributed by atoms with van der Waals surface area (Å²) in [6.07, 6.45) is 3.38. The van der Waals surface area contributed by atoms with E-state index < -0.39 is 11.7 Å². The number of alkyl halides is 1. The van der Waals surface area contributed by atoms with E-state index in [-0.39, 0.29) is 17.3 Å². The van der Waals surface area contributed by atoms with Gasteiger partial charge >= 0.3 is 0 Å². The van der Waals surface area contributed by atoms with Crippen LogP contribution in [0.4, 0.5) is 0 Å². The standard InChI is InChI=1S/C15H25BrO2/c1-9(2)12(17)10-5-7-14(3)11(16)6-8-15(4,18)13(10)14/h10-13,17-18H,1,5-8H2,2-4H3/t10-,11-,12?,13?,14+,15+/m0/s1. The highest BCUT2D eigenvalue weighted by molar-refractivity contribution is 9.09. The third-order valence-electron chi connectivity index (χ3n) is 5.35. The molecular weight excluding hydrogens is 292 g/mol. The molecule has 2 rings (SSSR count). The maximum Gasteiger partial charge on any atom is 0.0776 e. The third-order valence-corrected chi connectivity index (χ3v) is 6.86. The van der Waals surface area contributed by atoms with Crippen LogP contribution in [0, 0.1) is 17.3 Å². The molecule has 2 saturated carbocycles. The molecule has 2 unspecified atom stereocenters. The highest BCUT2D eigenvalue weighted by atomic mass is 79.9. The first-order valence-electron chi connectivity index (χ1n) is 6.90. The molecule has 0 aromatic carbocycles. The molecule has 0 aromatic rings. The largest absolute Gasteiger partial charge is 0.390 e. The number of fused-ring (bicyclic) bond motifs is 1. The van der Waals surface area contributed by atoms with Crippen molar-refractivity contribution in [2.24, 2.45) is 17.3 Å². The Morgan fingerprint density at radius 2 is 1.94 bits per heavy atom. The smallest absolute Gasteiger partial charge is 0.0776 e. The molecule has 2 nitrogen and oxygen atoms in total. The summed E-state index contributed by atoms with van der Waals surface area (Å²) in [6, 6.07) is 0. The molecule has 0 amide bonds. The van der Waals surface area contributed by atoms with E-state index in [0.717, 1.165) is 31.3 Å². The maximum atomic E-state index is 10.8. The van der Waals surface area contributed by atoms with Crippen LogP contribution in [0.3, 0.4) is 0 Å². The predicted octanol–water partition coefficient (Wildman–Crippen LogP) is 3.26. The Labute approximate surface area is 119 Å². The Hall–Kier alpha value is 0.140. The lowest BCUT2D eigenvalue weighted by atomic mass is 9.59. The molecule has 3 heteroatoms. The molecular formula is C15H25BrO2. The van der Waals surface area contributed by atoms with E-state index in [1.807, 2.05) is 13.8 Å². The van der Waals surface area contributed by atoms with Crippen LogP contribution in [-0.2, 0) is 0 Å². The molecule has 104 valence electrons. The number of aliphatic hydroxyl groups is 2. The van der Waals surface area contributed by atoms with E-state index in [2.05, 4.69) is 29.4 Å². The van der Waals surface area contributed by atoms with Gasteiger partial charge in [0.05, 0.1) is 11.7 Å². The molecule has 0 heterocycles. The van der Waals surface area contributed by atoms with Crippen LogP contribution in [0.15, 0.2) is 12.2 Å². The summed E-state index contributed by atoms with van der Waals surface area (Å²) in [5.74, 6) is 0.290. The molecule has 0 aliphatic heterocycles. The molecule has 0 bridgehead atoms. The molecule has 0 aromatic heterocycles. The summed E-state index contributed by atoms with van der Waals surface area (Å²) in [7, 11) is 0. The monoisotopic (exact) mass is 316 g/mol. The first kappa shape index (κ1) is 14.5. The third kappa shape index (κ3) is 2.08. The second kappa shape index (κ2) is 4.60. The minimum absolute atomic E-state index is 0.0862. The Balaban J connectivity index is 2.35. The van der Waals surface area contributed by atoms with Gasteiger partial charge in [-0.05, 0) is 56.8 Å². The molecule has 0 radical (unpaired) electrons. The van der Waals surface area contributed by atoms with Crippen molar-refractivity contribution in [3.05, 3.63) is 12.2 Å². The number of hydrogen-bond acceptors (Lipinski definition) is 2. The van der Waals surface area contributed by atoms with E-state index in [9.17, 15) is 10.2 Å². The zero-order valence-corrected chi connectivity index (χ0v) is 13.2. The molecule has 6 atom stereocenters. The van der Waals surface area contributed by atoms with Crippen molar-refractivity contribution in [1.82, 2.24) is 0 Å². The van der Waals surface area contributed by atoms with Crippen LogP contribution >= 0.6 is 15.9 Å². The van der Waals surface area contributed by atoms with Crippen molar-refractivity contribution in [3.63, 3.8) is 0 Å². The number of hydrogen-bond donors (Lipinski definition) is 2. The fourth-order valence-corrected chi connectivity index (χ4v) is 5.16. The van der Waals surface area contributed by atoms with Gasteiger partial charge in [-0.1, -0.05) is 35.0 Å². The van der Waals surface area contributed by atoms with Crippen molar-refractivity contribution in [1.29, 1.82) is 0 Å². The quantitative estimate of drug-likeness (QED) is 0.606. The van der Waals surface area contributed by atoms with Gasteiger partial charge in [0, 0.05) is 4.83 Å². The molecule has 2 N–H and O–H groups in total. The SMILES string of the molecule is C=C(C)C(O)[C@@H]1CC[C@@]2(C)C1[C@](C)(O)CC[C@@H]2Br. The van der Waals surface area contributed by atoms with Gasteiger partial charge in [0.25, 0.3) is 0 Å². The van der Waals surface area contributed by atoms with E-state index in [1.165, 1.54) is 0 Å². The van der Waals surface area contributed by atoms with E-state index in [0.29, 0.717) is 4.83 Å². The molecule has 2 fully saturated rings. The van der Waals surface area contributed by atoms with Crippen LogP contribution in [0.5, 0.6) is 0 Å². The average Bonchev–Trinajstić information content (AvgIpc) is 2.64. The molecule has 0 saturated heterocycles. The Bertz CT molecular complexity index is 352. The summed E-state index contributed by atoms with van der Waals surface area (Å²) in [4.78, 5) is 0.442. The number of halogens is 1. The Morgan fingerprint density at radius 3 is 2.50 bits per heavy atom. The minimum Gasteiger partial charge on any atom is -0.390 e.